The number of nitrogens with two attached hydrogens (primary N) is 1. The van der Waals surface area contributed by atoms with Crippen LogP contribution >= 0.6 is 23.2 Å². The van der Waals surface area contributed by atoms with Crippen LogP contribution in [0.4, 0.5) is 0 Å². The van der Waals surface area contributed by atoms with Gasteiger partial charge in [0, 0.05) is 13.5 Å². The number of hydrogen-bond acceptors (Lipinski definition) is 3. The number of hydrogen-bond donors (Lipinski definition) is 2. The number of halogens is 2. The second-order valence-corrected chi connectivity index (χ2v) is 4.21. The molecule has 0 amide bonds. The van der Waals surface area contributed by atoms with Gasteiger partial charge in [-0.05, 0) is 17.7 Å². The van der Waals surface area contributed by atoms with Gasteiger partial charge in [-0.15, -0.1) is 0 Å². The van der Waals surface area contributed by atoms with E-state index in [2.05, 4.69) is 10.4 Å². The normalized spacial score (nSPS) is 11.6. The van der Waals surface area contributed by atoms with E-state index in [-0.39, 0.29) is 0 Å². The second-order valence-electron chi connectivity index (χ2n) is 3.39. The van der Waals surface area contributed by atoms with Gasteiger partial charge in [-0.2, -0.15) is 0 Å². The van der Waals surface area contributed by atoms with Gasteiger partial charge in [-0.1, -0.05) is 29.3 Å². The third kappa shape index (κ3) is 4.91. The summed E-state index contributed by atoms with van der Waals surface area (Å²) < 4.78 is 4.91. The quantitative estimate of drug-likeness (QED) is 0.284. The van der Waals surface area contributed by atoms with Crippen LogP contribution in [-0.4, -0.2) is 26.1 Å². The minimum absolute atomic E-state index is 0.525. The molecule has 0 heterocycles. The van der Waals surface area contributed by atoms with Crippen LogP contribution in [0, 0.1) is 0 Å². The molecule has 0 fully saturated rings. The molecular formula is C11H15Cl2N3O. The Morgan fingerprint density at radius 3 is 2.76 bits per heavy atom. The Hall–Kier alpha value is -0.810. The van der Waals surface area contributed by atoms with Crippen molar-refractivity contribution in [2.75, 3.05) is 20.3 Å². The molecule has 0 saturated carbocycles. The van der Waals surface area contributed by atoms with Crippen LogP contribution < -0.4 is 11.3 Å². The van der Waals surface area contributed by atoms with Crippen LogP contribution in [0.3, 0.4) is 0 Å². The molecule has 0 aliphatic heterocycles. The van der Waals surface area contributed by atoms with Crippen molar-refractivity contribution in [3.8, 4) is 0 Å². The topological polar surface area (TPSA) is 59.6 Å². The van der Waals surface area contributed by atoms with Crippen molar-refractivity contribution in [3.05, 3.63) is 33.8 Å². The van der Waals surface area contributed by atoms with Crippen LogP contribution in [-0.2, 0) is 11.2 Å². The monoisotopic (exact) mass is 275 g/mol. The Labute approximate surface area is 111 Å². The molecule has 0 aromatic heterocycles. The molecule has 1 aromatic rings. The van der Waals surface area contributed by atoms with Gasteiger partial charge in [0.15, 0.2) is 0 Å². The highest BCUT2D eigenvalue weighted by molar-refractivity contribution is 6.42. The summed E-state index contributed by atoms with van der Waals surface area (Å²) in [4.78, 5) is 4.26. The van der Waals surface area contributed by atoms with Gasteiger partial charge >= 0.3 is 0 Å². The lowest BCUT2D eigenvalue weighted by Crippen LogP contribution is -2.32. The van der Waals surface area contributed by atoms with Gasteiger partial charge in [-0.25, -0.2) is 5.84 Å². The average molecular weight is 276 g/mol. The zero-order valence-corrected chi connectivity index (χ0v) is 11.1. The molecule has 4 nitrogen and oxygen atoms in total. The molecule has 0 radical (unpaired) electrons. The zero-order chi connectivity index (χ0) is 12.7. The SMILES string of the molecule is COCCN=C(Cc1ccc(Cl)c(Cl)c1)NN. The Bertz CT molecular complexity index is 396. The molecule has 1 rings (SSSR count). The minimum Gasteiger partial charge on any atom is -0.383 e. The van der Waals surface area contributed by atoms with Crippen molar-refractivity contribution in [1.29, 1.82) is 0 Å². The van der Waals surface area contributed by atoms with Crippen molar-refractivity contribution >= 4 is 29.0 Å². The van der Waals surface area contributed by atoms with Crippen LogP contribution in [0.2, 0.25) is 10.0 Å². The summed E-state index contributed by atoms with van der Waals surface area (Å²) in [5.41, 5.74) is 3.56. The maximum absolute atomic E-state index is 5.92. The van der Waals surface area contributed by atoms with E-state index in [1.54, 1.807) is 19.2 Å². The highest BCUT2D eigenvalue weighted by atomic mass is 35.5. The first-order valence-electron chi connectivity index (χ1n) is 5.10. The predicted molar refractivity (Wildman–Crippen MR) is 71.7 cm³/mol. The number of nitrogens with zero attached hydrogens (tertiary/aromatic N) is 1. The molecule has 0 bridgehead atoms. The highest BCUT2D eigenvalue weighted by Crippen LogP contribution is 2.22. The summed E-state index contributed by atoms with van der Waals surface area (Å²) in [6.07, 6.45) is 0.580. The molecule has 0 aliphatic rings. The van der Waals surface area contributed by atoms with E-state index in [0.29, 0.717) is 35.5 Å². The standard InChI is InChI=1S/C11H15Cl2N3O/c1-17-5-4-15-11(16-14)7-8-2-3-9(12)10(13)6-8/h2-3,6H,4-5,7,14H2,1H3,(H,15,16). The van der Waals surface area contributed by atoms with Crippen molar-refractivity contribution < 1.29 is 4.74 Å². The predicted octanol–water partition coefficient (Wildman–Crippen LogP) is 2.04. The van der Waals surface area contributed by atoms with Crippen molar-refractivity contribution in [2.24, 2.45) is 10.8 Å². The number of nitrogens with one attached hydrogen (secondary N) is 1. The molecule has 3 N–H and O–H groups in total. The van der Waals surface area contributed by atoms with Crippen molar-refractivity contribution in [3.63, 3.8) is 0 Å². The van der Waals surface area contributed by atoms with E-state index in [9.17, 15) is 0 Å². The summed E-state index contributed by atoms with van der Waals surface area (Å²) in [5, 5.41) is 1.06. The first kappa shape index (κ1) is 14.3. The van der Waals surface area contributed by atoms with Gasteiger partial charge in [0.1, 0.15) is 5.84 Å². The molecule has 1 aromatic carbocycles. The molecule has 0 atom stereocenters. The Morgan fingerprint density at radius 2 is 2.18 bits per heavy atom. The fourth-order valence-corrected chi connectivity index (χ4v) is 1.59. The summed E-state index contributed by atoms with van der Waals surface area (Å²) in [6.45, 7) is 1.13. The fraction of sp³-hybridized carbons (Fsp3) is 0.364. The van der Waals surface area contributed by atoms with E-state index in [1.807, 2.05) is 6.07 Å². The van der Waals surface area contributed by atoms with E-state index in [1.165, 1.54) is 0 Å². The Morgan fingerprint density at radius 1 is 1.41 bits per heavy atom. The van der Waals surface area contributed by atoms with Gasteiger partial charge in [-0.3, -0.25) is 4.99 Å². The van der Waals surface area contributed by atoms with E-state index in [0.717, 1.165) is 5.56 Å². The minimum atomic E-state index is 0.525. The number of hydrazine groups is 1. The van der Waals surface area contributed by atoms with Crippen molar-refractivity contribution in [2.45, 2.75) is 6.42 Å². The van der Waals surface area contributed by atoms with Gasteiger partial charge in [0.25, 0.3) is 0 Å². The second kappa shape index (κ2) is 7.50. The molecule has 6 heteroatoms. The number of rotatable bonds is 5. The maximum atomic E-state index is 5.92. The molecule has 0 spiro atoms. The summed E-state index contributed by atoms with van der Waals surface area (Å²) in [6, 6.07) is 5.44. The van der Waals surface area contributed by atoms with Crippen LogP contribution in [0.5, 0.6) is 0 Å². The van der Waals surface area contributed by atoms with Crippen LogP contribution in [0.1, 0.15) is 5.56 Å². The summed E-state index contributed by atoms with van der Waals surface area (Å²) >= 11 is 11.8. The van der Waals surface area contributed by atoms with E-state index < -0.39 is 0 Å². The number of ether oxygens (including phenoxy) is 1. The number of amidine groups is 1. The van der Waals surface area contributed by atoms with Crippen LogP contribution in [0.15, 0.2) is 23.2 Å². The lowest BCUT2D eigenvalue weighted by molar-refractivity contribution is 0.208. The van der Waals surface area contributed by atoms with Crippen LogP contribution in [0.25, 0.3) is 0 Å². The third-order valence-electron chi connectivity index (χ3n) is 2.12. The Kier molecular flexibility index (Phi) is 6.29. The molecule has 17 heavy (non-hydrogen) atoms. The van der Waals surface area contributed by atoms with Gasteiger partial charge in [0.2, 0.25) is 0 Å². The van der Waals surface area contributed by atoms with E-state index in [4.69, 9.17) is 33.8 Å². The Balaban J connectivity index is 2.67. The van der Waals surface area contributed by atoms with Gasteiger partial charge in [0.05, 0.1) is 23.2 Å². The smallest absolute Gasteiger partial charge is 0.115 e. The average Bonchev–Trinajstić information content (AvgIpc) is 2.32. The van der Waals surface area contributed by atoms with Gasteiger partial charge < -0.3 is 10.2 Å². The molecule has 0 aliphatic carbocycles. The molecule has 0 unspecified atom stereocenters. The lowest BCUT2D eigenvalue weighted by Gasteiger charge is -2.07. The number of methoxy groups -OCH3 is 1. The largest absolute Gasteiger partial charge is 0.383 e. The summed E-state index contributed by atoms with van der Waals surface area (Å²) in [5.74, 6) is 6.07. The lowest BCUT2D eigenvalue weighted by atomic mass is 10.1. The number of aliphatic imine (C=N–C) groups is 1. The number of benzene rings is 1. The first-order chi connectivity index (χ1) is 8.17. The molecule has 94 valence electrons. The first-order valence-corrected chi connectivity index (χ1v) is 5.85. The maximum Gasteiger partial charge on any atom is 0.115 e. The van der Waals surface area contributed by atoms with Crippen molar-refractivity contribution in [1.82, 2.24) is 5.43 Å². The zero-order valence-electron chi connectivity index (χ0n) is 9.54. The molecular weight excluding hydrogens is 261 g/mol. The van der Waals surface area contributed by atoms with E-state index >= 15 is 0 Å². The third-order valence-corrected chi connectivity index (χ3v) is 2.86. The fourth-order valence-electron chi connectivity index (χ4n) is 1.27. The summed E-state index contributed by atoms with van der Waals surface area (Å²) in [7, 11) is 1.63. The highest BCUT2D eigenvalue weighted by Gasteiger charge is 2.03. The molecule has 0 saturated heterocycles.